The van der Waals surface area contributed by atoms with E-state index in [9.17, 15) is 0 Å². The smallest absolute Gasteiger partial charge is 0.216 e. The highest BCUT2D eigenvalue weighted by molar-refractivity contribution is 7.23. The minimum absolute atomic E-state index is 0.678. The molecule has 2 aliphatic rings. The molecular formula is C19H12N6S. The Labute approximate surface area is 151 Å². The summed E-state index contributed by atoms with van der Waals surface area (Å²) < 4.78 is 1.79. The first kappa shape index (κ1) is 14.0. The van der Waals surface area contributed by atoms with Crippen LogP contribution in [0.1, 0.15) is 12.5 Å². The van der Waals surface area contributed by atoms with Crippen LogP contribution in [-0.4, -0.2) is 29.5 Å². The molecule has 0 saturated heterocycles. The zero-order valence-corrected chi connectivity index (χ0v) is 14.7. The third-order valence-corrected chi connectivity index (χ3v) is 5.59. The van der Waals surface area contributed by atoms with Crippen LogP contribution in [0.2, 0.25) is 0 Å². The Balaban J connectivity index is 1.77. The molecule has 6 rings (SSSR count). The van der Waals surface area contributed by atoms with E-state index in [1.165, 1.54) is 16.9 Å². The number of nitrogens with zero attached hydrogens (tertiary/aromatic N) is 6. The van der Waals surface area contributed by atoms with Crippen LogP contribution in [0, 0.1) is 0 Å². The number of hydrogen-bond acceptors (Lipinski definition) is 6. The molecule has 0 bridgehead atoms. The summed E-state index contributed by atoms with van der Waals surface area (Å²) in [4.78, 5) is 20.5. The number of benzene rings is 2. The van der Waals surface area contributed by atoms with E-state index < -0.39 is 0 Å². The Morgan fingerprint density at radius 3 is 2.62 bits per heavy atom. The number of rotatable bonds is 1. The molecule has 4 heterocycles. The van der Waals surface area contributed by atoms with Gasteiger partial charge in [0.15, 0.2) is 16.3 Å². The fourth-order valence-corrected chi connectivity index (χ4v) is 4.29. The maximum absolute atomic E-state index is 4.84. The van der Waals surface area contributed by atoms with Crippen LogP contribution in [0.3, 0.4) is 0 Å². The van der Waals surface area contributed by atoms with Crippen molar-refractivity contribution < 1.29 is 0 Å². The molecule has 7 heteroatoms. The summed E-state index contributed by atoms with van der Waals surface area (Å²) in [5.74, 6) is 0.678. The van der Waals surface area contributed by atoms with Gasteiger partial charge in [-0.2, -0.15) is 14.6 Å². The summed E-state index contributed by atoms with van der Waals surface area (Å²) in [6.07, 6.45) is 0.933. The van der Waals surface area contributed by atoms with Crippen LogP contribution < -0.4 is 0 Å². The molecule has 0 radical (unpaired) electrons. The molecule has 2 aliphatic heterocycles. The highest BCUT2D eigenvalue weighted by Crippen LogP contribution is 2.32. The molecule has 6 nitrogen and oxygen atoms in total. The van der Waals surface area contributed by atoms with Crippen molar-refractivity contribution >= 4 is 48.7 Å². The van der Waals surface area contributed by atoms with Gasteiger partial charge in [0, 0.05) is 5.39 Å². The molecule has 0 unspecified atom stereocenters. The summed E-state index contributed by atoms with van der Waals surface area (Å²) in [7, 11) is 0. The second-order valence-electron chi connectivity index (χ2n) is 6.20. The normalized spacial score (nSPS) is 12.2. The van der Waals surface area contributed by atoms with Crippen molar-refractivity contribution in [3.63, 3.8) is 0 Å². The highest BCUT2D eigenvalue weighted by Gasteiger charge is 2.20. The first-order valence-electron chi connectivity index (χ1n) is 8.45. The highest BCUT2D eigenvalue weighted by atomic mass is 32.1. The van der Waals surface area contributed by atoms with Crippen molar-refractivity contribution in [1.82, 2.24) is 29.5 Å². The quantitative estimate of drug-likeness (QED) is 0.444. The number of hydrogen-bond donors (Lipinski definition) is 0. The van der Waals surface area contributed by atoms with Gasteiger partial charge in [-0.1, -0.05) is 48.6 Å². The van der Waals surface area contributed by atoms with Crippen LogP contribution in [-0.2, 0) is 6.42 Å². The molecule has 26 heavy (non-hydrogen) atoms. The van der Waals surface area contributed by atoms with Crippen LogP contribution in [0.25, 0.3) is 48.9 Å². The lowest BCUT2D eigenvalue weighted by Crippen LogP contribution is -1.99. The first-order valence-corrected chi connectivity index (χ1v) is 9.27. The molecule has 124 valence electrons. The van der Waals surface area contributed by atoms with Gasteiger partial charge in [-0.15, -0.1) is 0 Å². The number of aromatic nitrogens is 6. The predicted octanol–water partition coefficient (Wildman–Crippen LogP) is 4.10. The summed E-state index contributed by atoms with van der Waals surface area (Å²) in [6.45, 7) is 2.14. The Morgan fingerprint density at radius 2 is 1.77 bits per heavy atom. The molecule has 2 aromatic heterocycles. The Hall–Kier alpha value is -3.19. The van der Waals surface area contributed by atoms with Crippen molar-refractivity contribution in [3.8, 4) is 11.5 Å². The summed E-state index contributed by atoms with van der Waals surface area (Å²) in [6, 6.07) is 14.1. The lowest BCUT2D eigenvalue weighted by Gasteiger charge is -2.00. The average Bonchev–Trinajstić information content (AvgIpc) is 3.21. The first-order chi connectivity index (χ1) is 12.8. The minimum Gasteiger partial charge on any atom is -0.232 e. The van der Waals surface area contributed by atoms with E-state index in [4.69, 9.17) is 25.0 Å². The van der Waals surface area contributed by atoms with Gasteiger partial charge in [-0.3, -0.25) is 0 Å². The molecule has 4 aromatic rings. The van der Waals surface area contributed by atoms with Crippen molar-refractivity contribution in [3.05, 3.63) is 48.0 Å². The topological polar surface area (TPSA) is 68.9 Å². The van der Waals surface area contributed by atoms with Gasteiger partial charge in [0.05, 0.1) is 16.6 Å². The van der Waals surface area contributed by atoms with Gasteiger partial charge in [-0.25, -0.2) is 15.0 Å². The lowest BCUT2D eigenvalue weighted by molar-refractivity contribution is 0.936. The molecule has 0 aliphatic carbocycles. The van der Waals surface area contributed by atoms with Gasteiger partial charge in [0.2, 0.25) is 4.96 Å². The monoisotopic (exact) mass is 356 g/mol. The maximum Gasteiger partial charge on any atom is 0.216 e. The Bertz CT molecular complexity index is 1430. The average molecular weight is 356 g/mol. The maximum atomic E-state index is 4.84. The summed E-state index contributed by atoms with van der Waals surface area (Å²) in [5.41, 5.74) is 5.48. The second kappa shape index (κ2) is 4.92. The minimum atomic E-state index is 0.678. The number of thiazole rings is 1. The molecule has 0 saturated carbocycles. The van der Waals surface area contributed by atoms with E-state index in [1.54, 1.807) is 4.52 Å². The van der Waals surface area contributed by atoms with E-state index in [-0.39, 0.29) is 0 Å². The third kappa shape index (κ3) is 1.78. The Kier molecular flexibility index (Phi) is 2.66. The van der Waals surface area contributed by atoms with E-state index in [2.05, 4.69) is 25.1 Å². The summed E-state index contributed by atoms with van der Waals surface area (Å²) in [5, 5.41) is 5.87. The van der Waals surface area contributed by atoms with Gasteiger partial charge < -0.3 is 0 Å². The van der Waals surface area contributed by atoms with Crippen molar-refractivity contribution in [2.75, 3.05) is 0 Å². The van der Waals surface area contributed by atoms with E-state index >= 15 is 0 Å². The fourth-order valence-electron chi connectivity index (χ4n) is 3.41. The zero-order chi connectivity index (χ0) is 17.3. The Morgan fingerprint density at radius 1 is 0.923 bits per heavy atom. The molecule has 0 fully saturated rings. The third-order valence-electron chi connectivity index (χ3n) is 4.68. The predicted molar refractivity (Wildman–Crippen MR) is 103 cm³/mol. The number of para-hydroxylation sites is 3. The van der Waals surface area contributed by atoms with Crippen LogP contribution >= 0.6 is 11.3 Å². The summed E-state index contributed by atoms with van der Waals surface area (Å²) >= 11 is 1.49. The standard InChI is InChI=1S/C19H12N6S/c1-2-10-6-5-7-11-14(10)22-16-15(11)24-25-17-18(26-19(25)23-16)21-13-9-4-3-8-12(13)20-17/h3-9H,2H2,1H3. The van der Waals surface area contributed by atoms with E-state index in [1.807, 2.05) is 24.3 Å². The fraction of sp³-hybridized carbons (Fsp3) is 0.105. The number of aryl methyl sites for hydroxylation is 1. The molecule has 0 amide bonds. The zero-order valence-electron chi connectivity index (χ0n) is 13.8. The SMILES string of the molecule is CCc1cccc2c3nn4c(nc-3nc12)sc1nc2ccccc2nc14. The van der Waals surface area contributed by atoms with Crippen molar-refractivity contribution in [1.29, 1.82) is 0 Å². The van der Waals surface area contributed by atoms with Crippen molar-refractivity contribution in [2.45, 2.75) is 13.3 Å². The van der Waals surface area contributed by atoms with Crippen LogP contribution in [0.15, 0.2) is 42.5 Å². The van der Waals surface area contributed by atoms with Gasteiger partial charge >= 0.3 is 0 Å². The number of fused-ring (bicyclic) bond motifs is 7. The molecule has 2 aromatic carbocycles. The van der Waals surface area contributed by atoms with Crippen LogP contribution in [0.4, 0.5) is 0 Å². The van der Waals surface area contributed by atoms with Crippen LogP contribution in [0.5, 0.6) is 0 Å². The van der Waals surface area contributed by atoms with E-state index in [0.29, 0.717) is 5.82 Å². The van der Waals surface area contributed by atoms with Gasteiger partial charge in [0.1, 0.15) is 5.69 Å². The van der Waals surface area contributed by atoms with E-state index in [0.717, 1.165) is 49.5 Å². The molecular weight excluding hydrogens is 344 g/mol. The largest absolute Gasteiger partial charge is 0.232 e. The van der Waals surface area contributed by atoms with Gasteiger partial charge in [0.25, 0.3) is 0 Å². The lowest BCUT2D eigenvalue weighted by atomic mass is 10.1. The second-order valence-corrected chi connectivity index (χ2v) is 7.16. The van der Waals surface area contributed by atoms with Crippen molar-refractivity contribution in [2.24, 2.45) is 0 Å². The molecule has 0 N–H and O–H groups in total. The molecule has 0 atom stereocenters. The molecule has 0 spiro atoms. The van der Waals surface area contributed by atoms with Gasteiger partial charge in [-0.05, 0) is 24.1 Å².